The normalized spacial score (nSPS) is 16.0. The number of nitrogens with one attached hydrogen (secondary N) is 3. The number of ether oxygens (including phenoxy) is 2. The molecule has 3 rings (SSSR count). The lowest BCUT2D eigenvalue weighted by Gasteiger charge is -2.30. The van der Waals surface area contributed by atoms with Gasteiger partial charge in [-0.05, 0) is 56.2 Å². The van der Waals surface area contributed by atoms with E-state index in [1.54, 1.807) is 39.3 Å². The Bertz CT molecular complexity index is 998. The van der Waals surface area contributed by atoms with Crippen LogP contribution in [0, 0.1) is 13.8 Å². The molecule has 0 unspecified atom stereocenters. The number of amides is 3. The minimum absolute atomic E-state index is 0.307. The number of rotatable bonds is 5. The van der Waals surface area contributed by atoms with Crippen molar-refractivity contribution in [2.75, 3.05) is 19.5 Å². The molecule has 0 aliphatic carbocycles. The van der Waals surface area contributed by atoms with Crippen LogP contribution in [-0.2, 0) is 4.79 Å². The van der Waals surface area contributed by atoms with E-state index in [9.17, 15) is 9.59 Å². The Balaban J connectivity index is 2.05. The summed E-state index contributed by atoms with van der Waals surface area (Å²) in [5.41, 5.74) is 4.30. The van der Waals surface area contributed by atoms with Crippen LogP contribution in [-0.4, -0.2) is 26.2 Å². The monoisotopic (exact) mass is 395 g/mol. The van der Waals surface area contributed by atoms with Crippen LogP contribution < -0.4 is 25.4 Å². The van der Waals surface area contributed by atoms with Gasteiger partial charge in [-0.1, -0.05) is 12.1 Å². The third-order valence-corrected chi connectivity index (χ3v) is 5.11. The van der Waals surface area contributed by atoms with Crippen molar-refractivity contribution in [3.05, 3.63) is 64.4 Å². The molecule has 1 aliphatic rings. The predicted octanol–water partition coefficient (Wildman–Crippen LogP) is 3.59. The molecule has 0 saturated carbocycles. The second kappa shape index (κ2) is 8.26. The first-order valence-electron chi connectivity index (χ1n) is 9.23. The van der Waals surface area contributed by atoms with E-state index in [0.29, 0.717) is 28.3 Å². The van der Waals surface area contributed by atoms with E-state index in [-0.39, 0.29) is 11.9 Å². The molecular formula is C22H25N3O4. The average molecular weight is 395 g/mol. The first-order valence-corrected chi connectivity index (χ1v) is 9.23. The fourth-order valence-electron chi connectivity index (χ4n) is 3.37. The summed E-state index contributed by atoms with van der Waals surface area (Å²) in [5.74, 6) is 0.835. The molecule has 0 fully saturated rings. The highest BCUT2D eigenvalue weighted by molar-refractivity contribution is 6.07. The number of methoxy groups -OCH3 is 2. The first kappa shape index (κ1) is 20.3. The van der Waals surface area contributed by atoms with Gasteiger partial charge in [-0.2, -0.15) is 0 Å². The lowest BCUT2D eigenvalue weighted by Crippen LogP contribution is -2.46. The van der Waals surface area contributed by atoms with E-state index in [1.807, 2.05) is 32.0 Å². The fraction of sp³-hybridized carbons (Fsp3) is 0.273. The summed E-state index contributed by atoms with van der Waals surface area (Å²) < 4.78 is 10.8. The van der Waals surface area contributed by atoms with Gasteiger partial charge in [0.1, 0.15) is 11.5 Å². The van der Waals surface area contributed by atoms with Crippen LogP contribution in [0.3, 0.4) is 0 Å². The van der Waals surface area contributed by atoms with Gasteiger partial charge in [-0.3, -0.25) is 4.79 Å². The average Bonchev–Trinajstić information content (AvgIpc) is 2.70. The maximum Gasteiger partial charge on any atom is 0.319 e. The number of urea groups is 1. The van der Waals surface area contributed by atoms with Gasteiger partial charge in [0.05, 0.1) is 25.8 Å². The summed E-state index contributed by atoms with van der Waals surface area (Å²) in [7, 11) is 3.10. The number of aryl methyl sites for hydroxylation is 1. The zero-order valence-electron chi connectivity index (χ0n) is 17.2. The van der Waals surface area contributed by atoms with E-state index in [0.717, 1.165) is 16.8 Å². The Labute approximate surface area is 170 Å². The molecule has 7 nitrogen and oxygen atoms in total. The molecule has 0 saturated heterocycles. The molecule has 152 valence electrons. The number of benzene rings is 2. The minimum Gasteiger partial charge on any atom is -0.497 e. The van der Waals surface area contributed by atoms with Gasteiger partial charge >= 0.3 is 6.03 Å². The molecule has 1 heterocycles. The first-order chi connectivity index (χ1) is 13.8. The predicted molar refractivity (Wildman–Crippen MR) is 111 cm³/mol. The van der Waals surface area contributed by atoms with Crippen LogP contribution in [0.15, 0.2) is 47.7 Å². The van der Waals surface area contributed by atoms with Gasteiger partial charge in [-0.15, -0.1) is 0 Å². The number of carbonyl (C=O) groups is 2. The number of hydrogen-bond acceptors (Lipinski definition) is 4. The second-order valence-electron chi connectivity index (χ2n) is 6.88. The van der Waals surface area contributed by atoms with Gasteiger partial charge in [0, 0.05) is 16.9 Å². The van der Waals surface area contributed by atoms with E-state index in [4.69, 9.17) is 9.47 Å². The summed E-state index contributed by atoms with van der Waals surface area (Å²) in [6.45, 7) is 5.65. The molecule has 3 N–H and O–H groups in total. The van der Waals surface area contributed by atoms with E-state index in [2.05, 4.69) is 16.0 Å². The Hall–Kier alpha value is -3.48. The van der Waals surface area contributed by atoms with Crippen molar-refractivity contribution in [3.63, 3.8) is 0 Å². The Morgan fingerprint density at radius 3 is 2.52 bits per heavy atom. The largest absolute Gasteiger partial charge is 0.497 e. The lowest BCUT2D eigenvalue weighted by atomic mass is 9.93. The van der Waals surface area contributed by atoms with Gasteiger partial charge in [0.2, 0.25) is 0 Å². The Kier molecular flexibility index (Phi) is 5.77. The third-order valence-electron chi connectivity index (χ3n) is 5.11. The van der Waals surface area contributed by atoms with Gasteiger partial charge < -0.3 is 25.4 Å². The van der Waals surface area contributed by atoms with Gasteiger partial charge in [0.25, 0.3) is 5.91 Å². The smallest absolute Gasteiger partial charge is 0.319 e. The number of allylic oxidation sites excluding steroid dienone is 1. The van der Waals surface area contributed by atoms with Crippen LogP contribution in [0.2, 0.25) is 0 Å². The van der Waals surface area contributed by atoms with E-state index in [1.165, 1.54) is 0 Å². The van der Waals surface area contributed by atoms with E-state index >= 15 is 0 Å². The maximum absolute atomic E-state index is 13.3. The van der Waals surface area contributed by atoms with Crippen molar-refractivity contribution in [2.24, 2.45) is 0 Å². The highest BCUT2D eigenvalue weighted by Crippen LogP contribution is 2.36. The molecule has 1 aliphatic heterocycles. The molecule has 7 heteroatoms. The van der Waals surface area contributed by atoms with Crippen LogP contribution in [0.25, 0.3) is 0 Å². The summed E-state index contributed by atoms with van der Waals surface area (Å²) >= 11 is 0. The molecule has 29 heavy (non-hydrogen) atoms. The zero-order chi connectivity index (χ0) is 21.1. The molecule has 3 amide bonds. The summed E-state index contributed by atoms with van der Waals surface area (Å²) in [4.78, 5) is 25.4. The Morgan fingerprint density at radius 1 is 1.07 bits per heavy atom. The van der Waals surface area contributed by atoms with Crippen molar-refractivity contribution in [2.45, 2.75) is 26.8 Å². The Morgan fingerprint density at radius 2 is 1.83 bits per heavy atom. The molecule has 0 spiro atoms. The van der Waals surface area contributed by atoms with Crippen molar-refractivity contribution >= 4 is 17.6 Å². The highest BCUT2D eigenvalue weighted by atomic mass is 16.5. The van der Waals surface area contributed by atoms with Crippen LogP contribution in [0.5, 0.6) is 11.5 Å². The third kappa shape index (κ3) is 4.03. The molecule has 0 aromatic heterocycles. The van der Waals surface area contributed by atoms with Crippen molar-refractivity contribution in [1.29, 1.82) is 0 Å². The quantitative estimate of drug-likeness (QED) is 0.722. The molecule has 2 aromatic carbocycles. The molecule has 0 radical (unpaired) electrons. The molecule has 0 bridgehead atoms. The summed E-state index contributed by atoms with van der Waals surface area (Å²) in [5, 5.41) is 8.48. The summed E-state index contributed by atoms with van der Waals surface area (Å²) in [6.07, 6.45) is 0. The minimum atomic E-state index is -0.695. The fourth-order valence-corrected chi connectivity index (χ4v) is 3.37. The highest BCUT2D eigenvalue weighted by Gasteiger charge is 2.33. The lowest BCUT2D eigenvalue weighted by molar-refractivity contribution is -0.113. The summed E-state index contributed by atoms with van der Waals surface area (Å²) in [6, 6.07) is 9.92. The topological polar surface area (TPSA) is 88.7 Å². The molecule has 2 aromatic rings. The molecular weight excluding hydrogens is 370 g/mol. The number of hydrogen-bond donors (Lipinski definition) is 3. The van der Waals surface area contributed by atoms with Gasteiger partial charge in [0.15, 0.2) is 0 Å². The number of anilines is 1. The maximum atomic E-state index is 13.3. The second-order valence-corrected chi connectivity index (χ2v) is 6.88. The standard InChI is InChI=1S/C22H25N3O4/c1-12-7-6-8-17(13(12)2)24-21(26)19-14(3)23-22(27)25-20(19)16-11-15(28-4)9-10-18(16)29-5/h6-11,20H,1-5H3,(H,24,26)(H2,23,25,27)/t20-/m0/s1. The number of carbonyl (C=O) groups excluding carboxylic acids is 2. The van der Waals surface area contributed by atoms with Crippen LogP contribution >= 0.6 is 0 Å². The van der Waals surface area contributed by atoms with Crippen LogP contribution in [0.1, 0.15) is 29.7 Å². The van der Waals surface area contributed by atoms with Gasteiger partial charge in [-0.25, -0.2) is 4.79 Å². The SMILES string of the molecule is COc1ccc(OC)c([C@@H]2NC(=O)NC(C)=C2C(=O)Nc2cccc(C)c2C)c1. The van der Waals surface area contributed by atoms with Crippen LogP contribution in [0.4, 0.5) is 10.5 Å². The van der Waals surface area contributed by atoms with Crippen molar-refractivity contribution in [3.8, 4) is 11.5 Å². The molecule has 1 atom stereocenters. The zero-order valence-corrected chi connectivity index (χ0v) is 17.2. The van der Waals surface area contributed by atoms with Crippen molar-refractivity contribution < 1.29 is 19.1 Å². The van der Waals surface area contributed by atoms with E-state index < -0.39 is 6.04 Å². The van der Waals surface area contributed by atoms with Crippen molar-refractivity contribution in [1.82, 2.24) is 10.6 Å².